The quantitative estimate of drug-likeness (QED) is 0.170. The van der Waals surface area contributed by atoms with E-state index in [-0.39, 0.29) is 13.1 Å². The fourth-order valence-electron chi connectivity index (χ4n) is 4.51. The molecule has 36 heavy (non-hydrogen) atoms. The van der Waals surface area contributed by atoms with Gasteiger partial charge in [0.2, 0.25) is 0 Å². The minimum absolute atomic E-state index is 0.194. The van der Waals surface area contributed by atoms with E-state index in [1.807, 2.05) is 13.8 Å². The molecule has 0 atom stereocenters. The van der Waals surface area contributed by atoms with Crippen molar-refractivity contribution in [1.82, 2.24) is 0 Å². The van der Waals surface area contributed by atoms with Crippen LogP contribution in [0.1, 0.15) is 81.0 Å². The normalized spacial score (nSPS) is 12.2. The molecule has 0 saturated carbocycles. The Bertz CT molecular complexity index is 1190. The van der Waals surface area contributed by atoms with Crippen LogP contribution in [0, 0.1) is 69.2 Å². The molecular weight excluding hydrogens is 531 g/mol. The van der Waals surface area contributed by atoms with Crippen molar-refractivity contribution in [3.63, 3.8) is 0 Å². The monoisotopic (exact) mass is 569 g/mol. The van der Waals surface area contributed by atoms with E-state index in [0.717, 1.165) is 34.3 Å². The molecular formula is C30H39Cl2FeN2O+. The summed E-state index contributed by atoms with van der Waals surface area (Å²) in [7, 11) is 9.53. The molecule has 0 aliphatic rings. The molecule has 6 heteroatoms. The maximum absolute atomic E-state index is 5.02. The Morgan fingerprint density at radius 1 is 0.528 bits per heavy atom. The minimum atomic E-state index is 0.194. The number of benzene rings is 2. The predicted molar refractivity (Wildman–Crippen MR) is 156 cm³/mol. The van der Waals surface area contributed by atoms with E-state index in [1.54, 1.807) is 0 Å². The van der Waals surface area contributed by atoms with Crippen LogP contribution in [-0.2, 0) is 13.1 Å². The van der Waals surface area contributed by atoms with Gasteiger partial charge < -0.3 is 4.42 Å². The van der Waals surface area contributed by atoms with Crippen molar-refractivity contribution < 1.29 is 17.6 Å². The Kier molecular flexibility index (Phi) is 10.6. The zero-order valence-corrected chi connectivity index (χ0v) is 26.2. The number of furan rings is 1. The van der Waals surface area contributed by atoms with Gasteiger partial charge in [-0.25, -0.2) is 9.98 Å². The number of hydrogen-bond acceptors (Lipinski definition) is 2. The Labute approximate surface area is 232 Å². The van der Waals surface area contributed by atoms with Crippen molar-refractivity contribution in [3.8, 4) is 0 Å². The maximum atomic E-state index is 5.02. The van der Waals surface area contributed by atoms with Crippen LogP contribution in [0.3, 0.4) is 0 Å². The van der Waals surface area contributed by atoms with Gasteiger partial charge in [0.15, 0.2) is 0 Å². The van der Waals surface area contributed by atoms with E-state index >= 15 is 0 Å². The first-order valence-corrected chi connectivity index (χ1v) is 15.1. The van der Waals surface area contributed by atoms with Gasteiger partial charge >= 0.3 is 33.3 Å². The van der Waals surface area contributed by atoms with E-state index in [4.69, 9.17) is 34.6 Å². The summed E-state index contributed by atoms with van der Waals surface area (Å²) in [5.74, 6) is 1.80. The molecule has 1 heterocycles. The predicted octanol–water partition coefficient (Wildman–Crippen LogP) is 10.1. The van der Waals surface area contributed by atoms with Crippen LogP contribution < -0.4 is 0 Å². The summed E-state index contributed by atoms with van der Waals surface area (Å²) >= 11 is 0.194. The first-order valence-electron chi connectivity index (χ1n) is 12.0. The standard InChI is InChI=1S/C30H38N2O.2ClH.Fe/c1-15-17(3)21(7)29(22(8)18(15)4)31-25(11)27-13-14-28(33-27)26(12)32-30-23(9)19(5)16(2)20(6)24(30)10;;;/h13-14H,1-12H3;2*1H;/q;;;+2/p-1. The summed E-state index contributed by atoms with van der Waals surface area (Å²) in [6, 6.07) is 4.11. The summed E-state index contributed by atoms with van der Waals surface area (Å²) in [5, 5.41) is 0. The van der Waals surface area contributed by atoms with E-state index < -0.39 is 0 Å². The zero-order chi connectivity index (χ0) is 27.5. The number of nitrogens with zero attached hydrogens (tertiary/aromatic N) is 2. The van der Waals surface area contributed by atoms with E-state index in [2.05, 4.69) is 81.4 Å². The molecule has 0 radical (unpaired) electrons. The molecule has 3 rings (SSSR count). The van der Waals surface area contributed by atoms with Gasteiger partial charge in [0, 0.05) is 12.1 Å². The van der Waals surface area contributed by atoms with Gasteiger partial charge in [0.05, 0.1) is 11.4 Å². The van der Waals surface area contributed by atoms with Crippen molar-refractivity contribution >= 4 is 43.0 Å². The fraction of sp³-hybridized carbons (Fsp3) is 0.400. The van der Waals surface area contributed by atoms with E-state index in [1.165, 1.54) is 55.6 Å². The molecule has 1 N–H and O–H groups in total. The average Bonchev–Trinajstić information content (AvgIpc) is 3.35. The molecule has 0 amide bonds. The third-order valence-electron chi connectivity index (χ3n) is 7.86. The second-order valence-electron chi connectivity index (χ2n) is 9.61. The second kappa shape index (κ2) is 12.6. The summed E-state index contributed by atoms with van der Waals surface area (Å²) in [5.41, 5.74) is 17.0. The van der Waals surface area contributed by atoms with Crippen molar-refractivity contribution in [2.24, 2.45) is 9.98 Å². The third kappa shape index (κ3) is 6.17. The summed E-state index contributed by atoms with van der Waals surface area (Å²) in [6.07, 6.45) is 0. The SMILES string of the molecule is CC(=Nc1c(C)c(C)c(C)c(C)c1C)c1ccc(C(C)=Nc2c(C)c(C)c(C)c(C)c2C)[oH+]1.[Cl][Fe][Cl]. The van der Waals surface area contributed by atoms with E-state index in [0.29, 0.717) is 0 Å². The summed E-state index contributed by atoms with van der Waals surface area (Å²) < 4.78 is 4.88. The number of rotatable bonds is 4. The van der Waals surface area contributed by atoms with Gasteiger partial charge in [-0.2, -0.15) is 0 Å². The van der Waals surface area contributed by atoms with Crippen LogP contribution in [-0.4, -0.2) is 11.4 Å². The van der Waals surface area contributed by atoms with Crippen LogP contribution in [0.2, 0.25) is 0 Å². The van der Waals surface area contributed by atoms with Crippen molar-refractivity contribution in [3.05, 3.63) is 79.3 Å². The van der Waals surface area contributed by atoms with Crippen LogP contribution in [0.25, 0.3) is 0 Å². The molecule has 0 saturated heterocycles. The molecule has 0 fully saturated rings. The molecule has 1 aromatic heterocycles. The second-order valence-corrected chi connectivity index (χ2v) is 11.4. The van der Waals surface area contributed by atoms with Gasteiger partial charge in [-0.1, -0.05) is 0 Å². The molecule has 3 aromatic rings. The van der Waals surface area contributed by atoms with Crippen LogP contribution in [0.15, 0.2) is 26.5 Å². The summed E-state index contributed by atoms with van der Waals surface area (Å²) in [4.78, 5) is 10.0. The fourth-order valence-corrected chi connectivity index (χ4v) is 4.51. The first kappa shape index (κ1) is 30.4. The Hall–Kier alpha value is -1.84. The molecule has 0 aliphatic heterocycles. The number of halogens is 2. The van der Waals surface area contributed by atoms with Crippen LogP contribution >= 0.6 is 20.2 Å². The topological polar surface area (TPSA) is 37.5 Å². The van der Waals surface area contributed by atoms with Crippen molar-refractivity contribution in [2.45, 2.75) is 83.1 Å². The third-order valence-corrected chi connectivity index (χ3v) is 7.86. The van der Waals surface area contributed by atoms with Crippen LogP contribution in [0.5, 0.6) is 0 Å². The Balaban J connectivity index is 0.00000145. The zero-order valence-electron chi connectivity index (χ0n) is 23.6. The summed E-state index contributed by atoms with van der Waals surface area (Å²) in [6.45, 7) is 25.9. The Morgan fingerprint density at radius 2 is 0.750 bits per heavy atom. The molecule has 0 aliphatic carbocycles. The molecule has 0 spiro atoms. The van der Waals surface area contributed by atoms with Gasteiger partial charge in [-0.05, 0) is 139 Å². The average molecular weight is 570 g/mol. The molecule has 0 unspecified atom stereocenters. The molecule has 196 valence electrons. The van der Waals surface area contributed by atoms with Crippen molar-refractivity contribution in [2.75, 3.05) is 0 Å². The molecule has 3 nitrogen and oxygen atoms in total. The Morgan fingerprint density at radius 3 is 1.00 bits per heavy atom. The van der Waals surface area contributed by atoms with Gasteiger partial charge in [0.1, 0.15) is 11.4 Å². The first-order chi connectivity index (χ1) is 16.8. The van der Waals surface area contributed by atoms with Crippen LogP contribution in [0.4, 0.5) is 11.4 Å². The van der Waals surface area contributed by atoms with Crippen molar-refractivity contribution in [1.29, 1.82) is 0 Å². The van der Waals surface area contributed by atoms with Gasteiger partial charge in [-0.15, -0.1) is 0 Å². The molecule has 2 aromatic carbocycles. The number of aliphatic imine (C=N–C) groups is 2. The molecule has 0 bridgehead atoms. The van der Waals surface area contributed by atoms with Gasteiger partial charge in [0.25, 0.3) is 11.5 Å². The number of hydrogen-bond donors (Lipinski definition) is 0. The van der Waals surface area contributed by atoms with Gasteiger partial charge in [-0.3, -0.25) is 0 Å². The van der Waals surface area contributed by atoms with E-state index in [9.17, 15) is 0 Å².